The van der Waals surface area contributed by atoms with Gasteiger partial charge in [0.15, 0.2) is 0 Å². The summed E-state index contributed by atoms with van der Waals surface area (Å²) in [6.45, 7) is -0.185. The Morgan fingerprint density at radius 3 is 2.42 bits per heavy atom. The molecule has 2 aromatic carbocycles. The van der Waals surface area contributed by atoms with Gasteiger partial charge in [0, 0.05) is 16.6 Å². The van der Waals surface area contributed by atoms with Gasteiger partial charge < -0.3 is 10.6 Å². The van der Waals surface area contributed by atoms with Crippen LogP contribution in [0.1, 0.15) is 12.8 Å². The van der Waals surface area contributed by atoms with Gasteiger partial charge in [0.2, 0.25) is 11.8 Å². The molecule has 4 rings (SSSR count). The first-order valence-corrected chi connectivity index (χ1v) is 10.6. The second-order valence-corrected chi connectivity index (χ2v) is 8.06. The Hall–Kier alpha value is -3.47. The lowest BCUT2D eigenvalue weighted by atomic mass is 10.3. The zero-order chi connectivity index (χ0) is 21.8. The maximum Gasteiger partial charge on any atom is 0.368 e. The molecule has 0 radical (unpaired) electrons. The lowest BCUT2D eigenvalue weighted by Crippen LogP contribution is -2.34. The molecule has 3 aromatic rings. The summed E-state index contributed by atoms with van der Waals surface area (Å²) in [7, 11) is 0. The zero-order valence-corrected chi connectivity index (χ0v) is 17.1. The van der Waals surface area contributed by atoms with Crippen LogP contribution in [0.4, 0.5) is 10.1 Å². The highest BCUT2D eigenvalue weighted by atomic mass is 32.2. The first kappa shape index (κ1) is 20.8. The average Bonchev–Trinajstić information content (AvgIpc) is 3.50. The molecule has 1 fully saturated rings. The van der Waals surface area contributed by atoms with Gasteiger partial charge in [-0.1, -0.05) is 0 Å². The highest BCUT2D eigenvalue weighted by Gasteiger charge is 2.24. The minimum atomic E-state index is -0.529. The van der Waals surface area contributed by atoms with Crippen molar-refractivity contribution in [2.45, 2.75) is 30.3 Å². The van der Waals surface area contributed by atoms with Crippen molar-refractivity contribution in [1.29, 1.82) is 0 Å². The fourth-order valence-corrected chi connectivity index (χ4v) is 3.43. The Bertz CT molecular complexity index is 1140. The molecular weight excluding hydrogens is 423 g/mol. The lowest BCUT2D eigenvalue weighted by Gasteiger charge is -2.06. The molecule has 0 saturated heterocycles. The van der Waals surface area contributed by atoms with Gasteiger partial charge in [0.1, 0.15) is 12.4 Å². The van der Waals surface area contributed by atoms with Gasteiger partial charge >= 0.3 is 5.69 Å². The monoisotopic (exact) mass is 442 g/mol. The summed E-state index contributed by atoms with van der Waals surface area (Å²) >= 11 is 1.30. The van der Waals surface area contributed by atoms with E-state index in [0.29, 0.717) is 11.4 Å². The van der Waals surface area contributed by atoms with E-state index in [2.05, 4.69) is 21.1 Å². The first-order chi connectivity index (χ1) is 15.0. The standard InChI is InChI=1S/C20H19FN6O3S/c21-13-1-9-17(10-2-13)31-12-19(29)23-15-5-7-16(8-6-15)27-20(30)26(24-25-27)11-18(28)22-14-3-4-14/h1-2,5-10,14H,3-4,11-12H2,(H,22,28)(H,23,29). The Labute approximate surface area is 180 Å². The maximum absolute atomic E-state index is 12.9. The topological polar surface area (TPSA) is 111 Å². The molecule has 1 aromatic heterocycles. The molecule has 2 amide bonds. The van der Waals surface area contributed by atoms with Crippen LogP contribution in [0.2, 0.25) is 0 Å². The number of carbonyl (C=O) groups excluding carboxylic acids is 2. The smallest absolute Gasteiger partial charge is 0.352 e. The summed E-state index contributed by atoms with van der Waals surface area (Å²) in [5.41, 5.74) is 0.480. The second kappa shape index (κ2) is 9.13. The van der Waals surface area contributed by atoms with Crippen molar-refractivity contribution in [2.24, 2.45) is 0 Å². The zero-order valence-electron chi connectivity index (χ0n) is 16.3. The molecule has 2 N–H and O–H groups in total. The lowest BCUT2D eigenvalue weighted by molar-refractivity contribution is -0.122. The average molecular weight is 442 g/mol. The molecule has 0 aliphatic heterocycles. The first-order valence-electron chi connectivity index (χ1n) is 9.59. The Morgan fingerprint density at radius 1 is 1.03 bits per heavy atom. The molecular formula is C20H19FN6O3S. The number of rotatable bonds is 8. The van der Waals surface area contributed by atoms with Crippen LogP contribution < -0.4 is 16.3 Å². The fourth-order valence-electron chi connectivity index (χ4n) is 2.74. The molecule has 0 bridgehead atoms. The number of hydrogen-bond donors (Lipinski definition) is 2. The van der Waals surface area contributed by atoms with E-state index < -0.39 is 5.69 Å². The SMILES string of the molecule is O=C(CSc1ccc(F)cc1)Nc1ccc(-n2nnn(CC(=O)NC3CC3)c2=O)cc1. The molecule has 0 unspecified atom stereocenters. The van der Waals surface area contributed by atoms with Crippen LogP contribution in [0.25, 0.3) is 5.69 Å². The number of nitrogens with one attached hydrogen (secondary N) is 2. The van der Waals surface area contributed by atoms with E-state index >= 15 is 0 Å². The molecule has 160 valence electrons. The van der Waals surface area contributed by atoms with E-state index in [1.54, 1.807) is 36.4 Å². The third-order valence-electron chi connectivity index (χ3n) is 4.45. The maximum atomic E-state index is 12.9. The van der Waals surface area contributed by atoms with E-state index in [4.69, 9.17) is 0 Å². The van der Waals surface area contributed by atoms with Gasteiger partial charge in [-0.25, -0.2) is 9.18 Å². The normalized spacial score (nSPS) is 13.1. The molecule has 1 saturated carbocycles. The van der Waals surface area contributed by atoms with Crippen molar-refractivity contribution in [2.75, 3.05) is 11.1 Å². The molecule has 0 spiro atoms. The molecule has 1 aliphatic carbocycles. The van der Waals surface area contributed by atoms with Gasteiger partial charge in [0.25, 0.3) is 0 Å². The van der Waals surface area contributed by atoms with Crippen LogP contribution in [0.5, 0.6) is 0 Å². The van der Waals surface area contributed by atoms with Crippen LogP contribution in [0.3, 0.4) is 0 Å². The number of benzene rings is 2. The summed E-state index contributed by atoms with van der Waals surface area (Å²) in [5, 5.41) is 13.1. The number of aromatic nitrogens is 4. The van der Waals surface area contributed by atoms with Gasteiger partial charge in [0.05, 0.1) is 11.4 Å². The van der Waals surface area contributed by atoms with E-state index in [-0.39, 0.29) is 36.0 Å². The predicted octanol–water partition coefficient (Wildman–Crippen LogP) is 1.58. The third-order valence-corrected chi connectivity index (χ3v) is 5.47. The van der Waals surface area contributed by atoms with Gasteiger partial charge in [-0.2, -0.15) is 9.36 Å². The Kier molecular flexibility index (Phi) is 6.12. The molecule has 0 atom stereocenters. The van der Waals surface area contributed by atoms with Gasteiger partial charge in [-0.3, -0.25) is 9.59 Å². The molecule has 11 heteroatoms. The van der Waals surface area contributed by atoms with Crippen LogP contribution in [-0.4, -0.2) is 43.4 Å². The van der Waals surface area contributed by atoms with Crippen molar-refractivity contribution in [3.63, 3.8) is 0 Å². The number of carbonyl (C=O) groups is 2. The number of nitrogens with zero attached hydrogens (tertiary/aromatic N) is 4. The van der Waals surface area contributed by atoms with Crippen LogP contribution >= 0.6 is 11.8 Å². The number of anilines is 1. The third kappa shape index (κ3) is 5.57. The molecule has 9 nitrogen and oxygen atoms in total. The van der Waals surface area contributed by atoms with Crippen molar-refractivity contribution in [3.05, 3.63) is 64.8 Å². The van der Waals surface area contributed by atoms with Gasteiger partial charge in [-0.05, 0) is 71.8 Å². The number of thioether (sulfide) groups is 1. The molecule has 1 heterocycles. The summed E-state index contributed by atoms with van der Waals surface area (Å²) in [6, 6.07) is 12.6. The van der Waals surface area contributed by atoms with Crippen molar-refractivity contribution >= 4 is 29.3 Å². The number of hydrogen-bond acceptors (Lipinski definition) is 6. The summed E-state index contributed by atoms with van der Waals surface area (Å²) in [6.07, 6.45) is 1.92. The number of tetrazole rings is 1. The van der Waals surface area contributed by atoms with E-state index in [1.165, 1.54) is 23.9 Å². The second-order valence-electron chi connectivity index (χ2n) is 7.01. The van der Waals surface area contributed by atoms with Crippen molar-refractivity contribution in [3.8, 4) is 5.69 Å². The van der Waals surface area contributed by atoms with Crippen LogP contribution in [0, 0.1) is 5.82 Å². The van der Waals surface area contributed by atoms with E-state index in [0.717, 1.165) is 27.1 Å². The summed E-state index contributed by atoms with van der Waals surface area (Å²) in [4.78, 5) is 37.2. The Balaban J connectivity index is 1.33. The predicted molar refractivity (Wildman–Crippen MR) is 113 cm³/mol. The summed E-state index contributed by atoms with van der Waals surface area (Å²) < 4.78 is 15.0. The fraction of sp³-hybridized carbons (Fsp3) is 0.250. The summed E-state index contributed by atoms with van der Waals surface area (Å²) in [5.74, 6) is -0.640. The quantitative estimate of drug-likeness (QED) is 0.513. The number of halogens is 1. The van der Waals surface area contributed by atoms with E-state index in [1.807, 2.05) is 0 Å². The highest BCUT2D eigenvalue weighted by Crippen LogP contribution is 2.19. The van der Waals surface area contributed by atoms with Crippen molar-refractivity contribution in [1.82, 2.24) is 25.1 Å². The van der Waals surface area contributed by atoms with Crippen LogP contribution in [-0.2, 0) is 16.1 Å². The largest absolute Gasteiger partial charge is 0.368 e. The minimum absolute atomic E-state index is 0.171. The highest BCUT2D eigenvalue weighted by molar-refractivity contribution is 8.00. The minimum Gasteiger partial charge on any atom is -0.352 e. The van der Waals surface area contributed by atoms with E-state index in [9.17, 15) is 18.8 Å². The Morgan fingerprint density at radius 2 is 1.74 bits per heavy atom. The molecule has 31 heavy (non-hydrogen) atoms. The molecule has 1 aliphatic rings. The van der Waals surface area contributed by atoms with Gasteiger partial charge in [-0.15, -0.1) is 11.8 Å². The van der Waals surface area contributed by atoms with Crippen molar-refractivity contribution < 1.29 is 14.0 Å². The van der Waals surface area contributed by atoms with Crippen LogP contribution in [0.15, 0.2) is 58.2 Å². The number of amides is 2.